The summed E-state index contributed by atoms with van der Waals surface area (Å²) in [4.78, 5) is 30.9. The van der Waals surface area contributed by atoms with Crippen molar-refractivity contribution in [2.24, 2.45) is 0 Å². The third kappa shape index (κ3) is 7.68. The molecule has 0 saturated carbocycles. The highest BCUT2D eigenvalue weighted by Gasteiger charge is 2.33. The molecular weight excluding hydrogens is 534 g/mol. The maximum atomic E-state index is 14.0. The van der Waals surface area contributed by atoms with Gasteiger partial charge in [0, 0.05) is 25.7 Å². The number of amides is 1. The topological polar surface area (TPSA) is 49.9 Å². The summed E-state index contributed by atoms with van der Waals surface area (Å²) in [5.74, 6) is -1.58. The number of carbonyl (C=O) groups excluding carboxylic acids is 2. The Labute approximate surface area is 245 Å². The second kappa shape index (κ2) is 14.0. The number of ether oxygens (including phenoxy) is 1. The second-order valence-corrected chi connectivity index (χ2v) is 10.7. The Morgan fingerprint density at radius 1 is 0.786 bits per heavy atom. The number of rotatable bonds is 11. The lowest BCUT2D eigenvalue weighted by atomic mass is 9.87. The smallest absolute Gasteiger partial charge is 0.410 e. The summed E-state index contributed by atoms with van der Waals surface area (Å²) in [6.45, 7) is 1.89. The van der Waals surface area contributed by atoms with Gasteiger partial charge in [-0.25, -0.2) is 13.6 Å². The third-order valence-corrected chi connectivity index (χ3v) is 7.64. The Kier molecular flexibility index (Phi) is 9.72. The molecule has 0 aromatic heterocycles. The first-order valence-corrected chi connectivity index (χ1v) is 14.2. The zero-order valence-electron chi connectivity index (χ0n) is 23.4. The molecule has 1 saturated heterocycles. The van der Waals surface area contributed by atoms with E-state index in [0.717, 1.165) is 24.0 Å². The molecule has 0 bridgehead atoms. The number of carbonyl (C=O) groups is 2. The number of benzene rings is 4. The van der Waals surface area contributed by atoms with Crippen molar-refractivity contribution in [3.8, 4) is 0 Å². The van der Waals surface area contributed by atoms with Gasteiger partial charge >= 0.3 is 6.09 Å². The van der Waals surface area contributed by atoms with E-state index < -0.39 is 17.6 Å². The summed E-state index contributed by atoms with van der Waals surface area (Å²) in [5, 5.41) is 0. The standard InChI is InChI=1S/C35H34F2N2O3/c36-30-17-13-28(14-18-30)34(29-15-19-31(37)20-16-29)33(40)24-38(22-26-8-3-1-4-9-26)23-32-12-7-21-39(32)35(41)42-25-27-10-5-2-6-11-27/h1-6,8-11,13-20,32,34H,7,12,21-25H2/t32-/m0/s1. The summed E-state index contributed by atoms with van der Waals surface area (Å²) in [6, 6.07) is 31.1. The number of halogens is 2. The predicted octanol–water partition coefficient (Wildman–Crippen LogP) is 6.97. The van der Waals surface area contributed by atoms with Crippen molar-refractivity contribution < 1.29 is 23.1 Å². The number of Topliss-reactive ketones (excluding diaryl/α,β-unsaturated/α-hetero) is 1. The first-order chi connectivity index (χ1) is 20.5. The van der Waals surface area contributed by atoms with Crippen LogP contribution in [0.2, 0.25) is 0 Å². The average Bonchev–Trinajstić information content (AvgIpc) is 3.47. The second-order valence-electron chi connectivity index (χ2n) is 10.7. The van der Waals surface area contributed by atoms with E-state index in [1.165, 1.54) is 24.3 Å². The molecule has 0 unspecified atom stereocenters. The fourth-order valence-corrected chi connectivity index (χ4v) is 5.58. The summed E-state index contributed by atoms with van der Waals surface area (Å²) < 4.78 is 33.1. The summed E-state index contributed by atoms with van der Waals surface area (Å²) in [5.41, 5.74) is 3.24. The molecule has 0 radical (unpaired) electrons. The minimum Gasteiger partial charge on any atom is -0.445 e. The van der Waals surface area contributed by atoms with E-state index in [0.29, 0.717) is 30.8 Å². The zero-order chi connectivity index (χ0) is 29.3. The van der Waals surface area contributed by atoms with E-state index >= 15 is 0 Å². The van der Waals surface area contributed by atoms with Gasteiger partial charge < -0.3 is 9.64 Å². The molecule has 1 fully saturated rings. The number of nitrogens with zero attached hydrogens (tertiary/aromatic N) is 2. The SMILES string of the molecule is O=C(CN(Cc1ccccc1)C[C@@H]1CCCN1C(=O)OCc1ccccc1)C(c1ccc(F)cc1)c1ccc(F)cc1. The van der Waals surface area contributed by atoms with Crippen LogP contribution in [0, 0.1) is 11.6 Å². The third-order valence-electron chi connectivity index (χ3n) is 7.64. The number of ketones is 1. The number of hydrogen-bond donors (Lipinski definition) is 0. The van der Waals surface area contributed by atoms with Crippen LogP contribution in [0.5, 0.6) is 0 Å². The summed E-state index contributed by atoms with van der Waals surface area (Å²) >= 11 is 0. The molecule has 0 aliphatic carbocycles. The molecule has 1 atom stereocenters. The largest absolute Gasteiger partial charge is 0.445 e. The molecule has 216 valence electrons. The fraction of sp³-hybridized carbons (Fsp3) is 0.257. The molecule has 1 amide bonds. The Morgan fingerprint density at radius 3 is 1.90 bits per heavy atom. The molecule has 0 spiro atoms. The van der Waals surface area contributed by atoms with Crippen molar-refractivity contribution in [2.75, 3.05) is 19.6 Å². The van der Waals surface area contributed by atoms with Crippen LogP contribution in [0.1, 0.15) is 41.0 Å². The van der Waals surface area contributed by atoms with Crippen molar-refractivity contribution >= 4 is 11.9 Å². The molecule has 7 heteroatoms. The van der Waals surface area contributed by atoms with E-state index in [2.05, 4.69) is 4.90 Å². The van der Waals surface area contributed by atoms with Crippen LogP contribution in [-0.2, 0) is 22.7 Å². The predicted molar refractivity (Wildman–Crippen MR) is 158 cm³/mol. The van der Waals surface area contributed by atoms with Crippen LogP contribution in [-0.4, -0.2) is 47.4 Å². The van der Waals surface area contributed by atoms with Gasteiger partial charge in [-0.2, -0.15) is 0 Å². The Hall–Kier alpha value is -4.36. The lowest BCUT2D eigenvalue weighted by molar-refractivity contribution is -0.121. The Balaban J connectivity index is 1.35. The highest BCUT2D eigenvalue weighted by Crippen LogP contribution is 2.28. The molecular formula is C35H34F2N2O3. The lowest BCUT2D eigenvalue weighted by Gasteiger charge is -2.31. The van der Waals surface area contributed by atoms with E-state index in [1.807, 2.05) is 60.7 Å². The minimum atomic E-state index is -0.694. The molecule has 42 heavy (non-hydrogen) atoms. The normalized spacial score (nSPS) is 14.9. The van der Waals surface area contributed by atoms with Gasteiger partial charge in [0.2, 0.25) is 0 Å². The fourth-order valence-electron chi connectivity index (χ4n) is 5.58. The van der Waals surface area contributed by atoms with Crippen LogP contribution >= 0.6 is 0 Å². The van der Waals surface area contributed by atoms with E-state index in [4.69, 9.17) is 4.74 Å². The minimum absolute atomic E-state index is 0.0950. The van der Waals surface area contributed by atoms with Gasteiger partial charge in [0.05, 0.1) is 12.5 Å². The first-order valence-electron chi connectivity index (χ1n) is 14.2. The average molecular weight is 569 g/mol. The van der Waals surface area contributed by atoms with Gasteiger partial charge in [0.1, 0.15) is 18.2 Å². The van der Waals surface area contributed by atoms with Gasteiger partial charge in [-0.3, -0.25) is 9.69 Å². The van der Waals surface area contributed by atoms with Gasteiger partial charge in [-0.15, -0.1) is 0 Å². The number of hydrogen-bond acceptors (Lipinski definition) is 4. The van der Waals surface area contributed by atoms with Gasteiger partial charge in [-0.1, -0.05) is 84.9 Å². The molecule has 0 N–H and O–H groups in total. The summed E-state index contributed by atoms with van der Waals surface area (Å²) in [7, 11) is 0. The van der Waals surface area contributed by atoms with Gasteiger partial charge in [-0.05, 0) is 59.4 Å². The van der Waals surface area contributed by atoms with Crippen LogP contribution in [0.4, 0.5) is 13.6 Å². The molecule has 1 aliphatic rings. The molecule has 5 nitrogen and oxygen atoms in total. The zero-order valence-corrected chi connectivity index (χ0v) is 23.4. The van der Waals surface area contributed by atoms with Gasteiger partial charge in [0.15, 0.2) is 5.78 Å². The highest BCUT2D eigenvalue weighted by molar-refractivity contribution is 5.90. The van der Waals surface area contributed by atoms with Crippen molar-refractivity contribution in [3.05, 3.63) is 143 Å². The molecule has 4 aromatic carbocycles. The maximum Gasteiger partial charge on any atom is 0.410 e. The Bertz CT molecular complexity index is 1400. The van der Waals surface area contributed by atoms with Crippen molar-refractivity contribution in [1.82, 2.24) is 9.80 Å². The van der Waals surface area contributed by atoms with Crippen LogP contribution in [0.15, 0.2) is 109 Å². The van der Waals surface area contributed by atoms with E-state index in [-0.39, 0.29) is 31.1 Å². The monoisotopic (exact) mass is 568 g/mol. The summed E-state index contributed by atoms with van der Waals surface area (Å²) in [6.07, 6.45) is 1.30. The van der Waals surface area contributed by atoms with Crippen molar-refractivity contribution in [1.29, 1.82) is 0 Å². The van der Waals surface area contributed by atoms with Crippen LogP contribution in [0.3, 0.4) is 0 Å². The quantitative estimate of drug-likeness (QED) is 0.196. The highest BCUT2D eigenvalue weighted by atomic mass is 19.1. The molecule has 1 aliphatic heterocycles. The Morgan fingerprint density at radius 2 is 1.33 bits per heavy atom. The first kappa shape index (κ1) is 29.1. The maximum absolute atomic E-state index is 14.0. The number of likely N-dealkylation sites (tertiary alicyclic amines) is 1. The van der Waals surface area contributed by atoms with Crippen molar-refractivity contribution in [2.45, 2.75) is 38.0 Å². The van der Waals surface area contributed by atoms with E-state index in [9.17, 15) is 18.4 Å². The van der Waals surface area contributed by atoms with E-state index in [1.54, 1.807) is 29.2 Å². The molecule has 5 rings (SSSR count). The van der Waals surface area contributed by atoms with Crippen molar-refractivity contribution in [3.63, 3.8) is 0 Å². The van der Waals surface area contributed by atoms with Crippen LogP contribution in [0.25, 0.3) is 0 Å². The molecule has 1 heterocycles. The molecule has 4 aromatic rings. The van der Waals surface area contributed by atoms with Gasteiger partial charge in [0.25, 0.3) is 0 Å². The van der Waals surface area contributed by atoms with Crippen LogP contribution < -0.4 is 0 Å². The lowest BCUT2D eigenvalue weighted by Crippen LogP contribution is -2.45.